The van der Waals surface area contributed by atoms with Crippen LogP contribution in [0.4, 0.5) is 0 Å². The number of carboxylic acid groups (broad SMARTS) is 4. The van der Waals surface area contributed by atoms with Gasteiger partial charge in [0.2, 0.25) is 0 Å². The third kappa shape index (κ3) is 38.4. The Morgan fingerprint density at radius 2 is 0.759 bits per heavy atom. The maximum atomic E-state index is 10.4. The first kappa shape index (κ1) is 46.4. The van der Waals surface area contributed by atoms with Crippen molar-refractivity contribution in [3.63, 3.8) is 0 Å². The van der Waals surface area contributed by atoms with Gasteiger partial charge < -0.3 is 67.5 Å². The van der Waals surface area contributed by atoms with E-state index < -0.39 is 50.1 Å². The van der Waals surface area contributed by atoms with Crippen LogP contribution in [0.2, 0.25) is 0 Å². The third-order valence-electron chi connectivity index (χ3n) is 2.31. The van der Waals surface area contributed by atoms with Crippen LogP contribution < -0.4 is 61.5 Å². The van der Waals surface area contributed by atoms with Crippen molar-refractivity contribution in [2.45, 2.75) is 0 Å². The van der Waals surface area contributed by atoms with Crippen LogP contribution in [0, 0.1) is 0 Å². The minimum absolute atomic E-state index is 0. The molecule has 0 amide bonds. The van der Waals surface area contributed by atoms with Crippen molar-refractivity contribution in [2.24, 2.45) is 11.5 Å². The summed E-state index contributed by atoms with van der Waals surface area (Å²) in [6, 6.07) is 0. The summed E-state index contributed by atoms with van der Waals surface area (Å²) in [6.45, 7) is -2.06. The van der Waals surface area contributed by atoms with Gasteiger partial charge in [-0.15, -0.1) is 0 Å². The normalized spacial score (nSPS) is 8.41. The van der Waals surface area contributed by atoms with E-state index in [1.165, 1.54) is 0 Å². The number of nitrogens with two attached hydrogens (primary N) is 2. The van der Waals surface area contributed by atoms with Gasteiger partial charge in [-0.3, -0.25) is 9.80 Å². The van der Waals surface area contributed by atoms with Crippen LogP contribution >= 0.6 is 0 Å². The molecule has 0 saturated carbocycles. The van der Waals surface area contributed by atoms with E-state index in [9.17, 15) is 39.6 Å². The average Bonchev–Trinajstić information content (AvgIpc) is 2.42. The van der Waals surface area contributed by atoms with Crippen LogP contribution in [-0.4, -0.2) is 102 Å². The number of rotatable bonds is 12. The van der Waals surface area contributed by atoms with Gasteiger partial charge in [-0.05, 0) is 0 Å². The van der Waals surface area contributed by atoms with E-state index in [1.807, 2.05) is 0 Å². The molecule has 0 saturated heterocycles. The molecule has 0 aliphatic rings. The molecule has 15 nitrogen and oxygen atoms in total. The summed E-state index contributed by atoms with van der Waals surface area (Å²) in [6.07, 6.45) is 0. The number of hydrogen-bond acceptors (Lipinski definition) is 12. The Kier molecular flexibility index (Phi) is 46.9. The number of hydrogen-bond donors (Lipinski definition) is 2. The molecule has 10 N–H and O–H groups in total. The largest absolute Gasteiger partial charge is 3.00 e. The molecule has 0 atom stereocenters. The van der Waals surface area contributed by atoms with Crippen molar-refractivity contribution < 1.29 is 103 Å². The summed E-state index contributed by atoms with van der Waals surface area (Å²) in [5.74, 6) is -6.12. The Morgan fingerprint density at radius 1 is 0.586 bits per heavy atom. The first-order chi connectivity index (χ1) is 11.1. The van der Waals surface area contributed by atoms with Gasteiger partial charge in [0, 0.05) is 52.4 Å². The predicted octanol–water partition coefficient (Wildman–Crippen LogP) is -14.0. The Morgan fingerprint density at radius 3 is 0.862 bits per heavy atom. The molecule has 0 unspecified atom stereocenters. The molecule has 0 aliphatic heterocycles. The molecule has 0 spiro atoms. The monoisotopic (exact) mass is 481 g/mol. The minimum Gasteiger partial charge on any atom is -0.549 e. The summed E-state index contributed by atoms with van der Waals surface area (Å²) >= 11 is 0. The second-order valence-corrected chi connectivity index (χ2v) is 4.49. The van der Waals surface area contributed by atoms with E-state index in [2.05, 4.69) is 0 Å². The summed E-state index contributed by atoms with van der Waals surface area (Å²) in [5.41, 5.74) is 9.81. The van der Waals surface area contributed by atoms with E-state index in [4.69, 9.17) is 11.5 Å². The zero-order valence-electron chi connectivity index (χ0n) is 15.8. The molecular formula is C12H26FeN4NaO11. The zero-order valence-corrected chi connectivity index (χ0v) is 18.9. The third-order valence-corrected chi connectivity index (χ3v) is 2.31. The van der Waals surface area contributed by atoms with Gasteiger partial charge in [0.15, 0.2) is 0 Å². The molecule has 169 valence electrons. The van der Waals surface area contributed by atoms with E-state index in [0.29, 0.717) is 13.1 Å². The molecule has 29 heavy (non-hydrogen) atoms. The zero-order chi connectivity index (χ0) is 19.1. The summed E-state index contributed by atoms with van der Waals surface area (Å²) in [5, 5.41) is 41.6. The molecule has 0 aromatic carbocycles. The summed E-state index contributed by atoms with van der Waals surface area (Å²) in [4.78, 5) is 43.4. The van der Waals surface area contributed by atoms with E-state index in [1.54, 1.807) is 0 Å². The standard InChI is InChI=1S/C10H16N2O8.C2H8N2.Fe.Na.3H2O/c13-7(14)3-11(4-8(15)16)1-2-12(5-9(17)18)6-10(19)20;3-1-2-4;;;;;/h1-6H2,(H,13,14)(H,15,16)(H,17,18)(H,19,20);1-4H2;;;3*1H2/q;;+3;+1;;;/p-4. The van der Waals surface area contributed by atoms with Crippen LogP contribution in [0.25, 0.3) is 0 Å². The van der Waals surface area contributed by atoms with Crippen molar-refractivity contribution in [3.8, 4) is 0 Å². The fourth-order valence-electron chi connectivity index (χ4n) is 1.44. The van der Waals surface area contributed by atoms with Crippen LogP contribution in [0.15, 0.2) is 0 Å². The Labute approximate surface area is 199 Å². The van der Waals surface area contributed by atoms with E-state index in [0.717, 1.165) is 9.80 Å². The molecule has 1 radical (unpaired) electrons. The van der Waals surface area contributed by atoms with Crippen LogP contribution in [0.3, 0.4) is 0 Å². The van der Waals surface area contributed by atoms with Crippen molar-refractivity contribution in [1.82, 2.24) is 9.80 Å². The van der Waals surface area contributed by atoms with Crippen LogP contribution in [0.5, 0.6) is 0 Å². The molecule has 0 rings (SSSR count). The second kappa shape index (κ2) is 29.3. The molecule has 0 bridgehead atoms. The fourth-order valence-corrected chi connectivity index (χ4v) is 1.44. The molecule has 0 fully saturated rings. The molecular weight excluding hydrogens is 455 g/mol. The minimum atomic E-state index is -1.53. The van der Waals surface area contributed by atoms with Gasteiger partial charge in [-0.1, -0.05) is 0 Å². The summed E-state index contributed by atoms with van der Waals surface area (Å²) < 4.78 is 0. The van der Waals surface area contributed by atoms with E-state index in [-0.39, 0.29) is 76.1 Å². The smallest absolute Gasteiger partial charge is 0.549 e. The maximum absolute atomic E-state index is 10.4. The van der Waals surface area contributed by atoms with Crippen molar-refractivity contribution in [1.29, 1.82) is 0 Å². The number of carboxylic acids is 4. The molecule has 0 heterocycles. The van der Waals surface area contributed by atoms with Gasteiger partial charge in [0.25, 0.3) is 0 Å². The molecule has 0 aromatic heterocycles. The van der Waals surface area contributed by atoms with Crippen molar-refractivity contribution >= 4 is 23.9 Å². The summed E-state index contributed by atoms with van der Waals surface area (Å²) in [7, 11) is 0. The Bertz CT molecular complexity index is 365. The van der Waals surface area contributed by atoms with E-state index >= 15 is 0 Å². The number of carbonyl (C=O) groups is 4. The molecule has 0 aliphatic carbocycles. The van der Waals surface area contributed by atoms with Crippen LogP contribution in [0.1, 0.15) is 0 Å². The van der Waals surface area contributed by atoms with Gasteiger partial charge in [-0.25, -0.2) is 0 Å². The topological polar surface area (TPSA) is 314 Å². The first-order valence-electron chi connectivity index (χ1n) is 6.76. The average molecular weight is 481 g/mol. The maximum Gasteiger partial charge on any atom is 3.00 e. The number of nitrogens with zero attached hydrogens (tertiary/aromatic N) is 2. The Hall–Kier alpha value is -0.881. The fraction of sp³-hybridized carbons (Fsp3) is 0.667. The van der Waals surface area contributed by atoms with Crippen molar-refractivity contribution in [3.05, 3.63) is 0 Å². The second-order valence-electron chi connectivity index (χ2n) is 4.49. The first-order valence-corrected chi connectivity index (χ1v) is 6.76. The van der Waals surface area contributed by atoms with Gasteiger partial charge in [0.1, 0.15) is 0 Å². The van der Waals surface area contributed by atoms with Crippen molar-refractivity contribution in [2.75, 3.05) is 52.4 Å². The molecule has 17 heteroatoms. The van der Waals surface area contributed by atoms with Gasteiger partial charge >= 0.3 is 46.6 Å². The molecule has 0 aromatic rings. The number of carbonyl (C=O) groups excluding carboxylic acids is 4. The SMILES string of the molecule is NCCN.O.O.O.O=C([O-])CN(CCN(CC(=O)[O-])CC(=O)[O-])CC(=O)[O-].[Fe+3].[Na+]. The Balaban J connectivity index is -0.0000000982. The van der Waals surface area contributed by atoms with Crippen LogP contribution in [-0.2, 0) is 36.2 Å². The quantitative estimate of drug-likeness (QED) is 0.245. The number of aliphatic carboxylic acids is 4. The van der Waals surface area contributed by atoms with Gasteiger partial charge in [-0.2, -0.15) is 0 Å². The van der Waals surface area contributed by atoms with Gasteiger partial charge in [0.05, 0.1) is 23.9 Å². The predicted molar refractivity (Wildman–Crippen MR) is 81.9 cm³/mol.